The lowest BCUT2D eigenvalue weighted by Crippen LogP contribution is -2.08. The van der Waals surface area contributed by atoms with Crippen molar-refractivity contribution in [3.8, 4) is 0 Å². The van der Waals surface area contributed by atoms with E-state index in [2.05, 4.69) is 19.5 Å². The number of fused-ring (bicyclic) bond motifs is 1. The number of aromatic nitrogens is 4. The van der Waals surface area contributed by atoms with Gasteiger partial charge in [0.2, 0.25) is 0 Å². The van der Waals surface area contributed by atoms with Crippen LogP contribution >= 0.6 is 7.82 Å². The summed E-state index contributed by atoms with van der Waals surface area (Å²) in [5, 5.41) is 0. The molecule has 21 heavy (non-hydrogen) atoms. The van der Waals surface area contributed by atoms with Crippen LogP contribution in [0.4, 0.5) is 5.82 Å². The van der Waals surface area contributed by atoms with Gasteiger partial charge in [0.05, 0.1) is 12.9 Å². The highest BCUT2D eigenvalue weighted by molar-refractivity contribution is 7.46. The number of phosphoric ester groups is 1. The van der Waals surface area contributed by atoms with Crippen LogP contribution in [0.1, 0.15) is 25.3 Å². The van der Waals surface area contributed by atoms with Gasteiger partial charge >= 0.3 is 7.82 Å². The quantitative estimate of drug-likeness (QED) is 0.707. The molecule has 0 saturated heterocycles. The molecule has 0 amide bonds. The second-order valence-electron chi connectivity index (χ2n) is 5.20. The minimum Gasteiger partial charge on any atom is -0.382 e. The van der Waals surface area contributed by atoms with Crippen LogP contribution in [0, 0.1) is 5.92 Å². The van der Waals surface area contributed by atoms with Gasteiger partial charge in [-0.05, 0) is 25.2 Å². The van der Waals surface area contributed by atoms with Gasteiger partial charge < -0.3 is 20.1 Å². The smallest absolute Gasteiger partial charge is 0.382 e. The first-order chi connectivity index (χ1) is 9.94. The van der Waals surface area contributed by atoms with Crippen molar-refractivity contribution >= 4 is 24.8 Å². The maximum atomic E-state index is 10.7. The van der Waals surface area contributed by atoms with E-state index in [1.54, 1.807) is 6.33 Å². The van der Waals surface area contributed by atoms with Crippen LogP contribution in [0.2, 0.25) is 0 Å². The van der Waals surface area contributed by atoms with E-state index in [1.807, 2.05) is 4.57 Å². The van der Waals surface area contributed by atoms with Gasteiger partial charge in [-0.25, -0.2) is 19.5 Å². The van der Waals surface area contributed by atoms with E-state index < -0.39 is 7.82 Å². The molecule has 3 rings (SSSR count). The first-order valence-electron chi connectivity index (χ1n) is 6.57. The van der Waals surface area contributed by atoms with Crippen LogP contribution in [-0.2, 0) is 9.09 Å². The molecule has 1 saturated carbocycles. The second-order valence-corrected chi connectivity index (χ2v) is 6.44. The molecule has 1 aliphatic carbocycles. The van der Waals surface area contributed by atoms with Crippen LogP contribution in [0.3, 0.4) is 0 Å². The summed E-state index contributed by atoms with van der Waals surface area (Å²) in [5.41, 5.74) is 7.02. The SMILES string of the molecule is Nc1ncnc2c1ncn2[C@H]1CC[C@@H](COP(=O)(O)O)C1. The zero-order valence-corrected chi connectivity index (χ0v) is 12.1. The van der Waals surface area contributed by atoms with E-state index in [9.17, 15) is 4.57 Å². The van der Waals surface area contributed by atoms with E-state index in [-0.39, 0.29) is 18.6 Å². The number of nitrogens with zero attached hydrogens (tertiary/aromatic N) is 4. The van der Waals surface area contributed by atoms with Gasteiger partial charge in [-0.3, -0.25) is 4.52 Å². The first-order valence-corrected chi connectivity index (χ1v) is 8.10. The molecule has 4 N–H and O–H groups in total. The Bertz CT molecular complexity index is 699. The molecule has 2 aromatic rings. The summed E-state index contributed by atoms with van der Waals surface area (Å²) in [5.74, 6) is 0.456. The fourth-order valence-electron chi connectivity index (χ4n) is 2.79. The van der Waals surface area contributed by atoms with Gasteiger partial charge in [0.25, 0.3) is 0 Å². The highest BCUT2D eigenvalue weighted by Crippen LogP contribution is 2.41. The van der Waals surface area contributed by atoms with Crippen molar-refractivity contribution in [1.82, 2.24) is 19.5 Å². The van der Waals surface area contributed by atoms with Crippen LogP contribution in [0.5, 0.6) is 0 Å². The number of anilines is 1. The molecule has 0 aliphatic heterocycles. The normalized spacial score (nSPS) is 23.0. The fraction of sp³-hybridized carbons (Fsp3) is 0.545. The van der Waals surface area contributed by atoms with Crippen molar-refractivity contribution in [3.63, 3.8) is 0 Å². The van der Waals surface area contributed by atoms with Crippen LogP contribution in [-0.4, -0.2) is 35.9 Å². The summed E-state index contributed by atoms with van der Waals surface area (Å²) < 4.78 is 17.3. The molecule has 0 aromatic carbocycles. The predicted octanol–water partition coefficient (Wildman–Crippen LogP) is 0.859. The van der Waals surface area contributed by atoms with Crippen molar-refractivity contribution in [2.75, 3.05) is 12.3 Å². The van der Waals surface area contributed by atoms with Crippen LogP contribution in [0.25, 0.3) is 11.2 Å². The molecule has 2 heterocycles. The number of nitrogens with two attached hydrogens (primary N) is 1. The monoisotopic (exact) mass is 313 g/mol. The fourth-order valence-corrected chi connectivity index (χ4v) is 3.20. The highest BCUT2D eigenvalue weighted by Gasteiger charge is 2.29. The van der Waals surface area contributed by atoms with Crippen molar-refractivity contribution in [3.05, 3.63) is 12.7 Å². The molecule has 114 valence electrons. The highest BCUT2D eigenvalue weighted by atomic mass is 31.2. The number of hydrogen-bond acceptors (Lipinski definition) is 6. The number of imidazole rings is 1. The Hall–Kier alpha value is -1.54. The summed E-state index contributed by atoms with van der Waals surface area (Å²) in [4.78, 5) is 29.8. The Kier molecular flexibility index (Phi) is 3.66. The number of nitrogen functional groups attached to an aromatic ring is 1. The van der Waals surface area contributed by atoms with E-state index in [4.69, 9.17) is 15.5 Å². The standard InChI is InChI=1S/C11H16N5O4P/c12-10-9-11(14-5-13-10)16(6-15-9)8-2-1-7(3-8)4-20-21(17,18)19/h5-8H,1-4H2,(H2,12,13,14)(H2,17,18,19)/t7-,8+/m1/s1. The van der Waals surface area contributed by atoms with Gasteiger partial charge in [0.1, 0.15) is 11.8 Å². The van der Waals surface area contributed by atoms with Crippen molar-refractivity contribution in [2.24, 2.45) is 5.92 Å². The predicted molar refractivity (Wildman–Crippen MR) is 74.1 cm³/mol. The Morgan fingerprint density at radius 2 is 2.19 bits per heavy atom. The Morgan fingerprint density at radius 3 is 2.95 bits per heavy atom. The van der Waals surface area contributed by atoms with Crippen molar-refractivity contribution in [2.45, 2.75) is 25.3 Å². The van der Waals surface area contributed by atoms with Gasteiger partial charge in [-0.2, -0.15) is 0 Å². The molecular weight excluding hydrogens is 297 g/mol. The average molecular weight is 313 g/mol. The van der Waals surface area contributed by atoms with Crippen molar-refractivity contribution in [1.29, 1.82) is 0 Å². The number of rotatable bonds is 4. The lowest BCUT2D eigenvalue weighted by molar-refractivity contribution is 0.167. The van der Waals surface area contributed by atoms with E-state index in [0.29, 0.717) is 17.0 Å². The molecule has 9 nitrogen and oxygen atoms in total. The third-order valence-corrected chi connectivity index (χ3v) is 4.26. The molecular formula is C11H16N5O4P. The zero-order chi connectivity index (χ0) is 15.0. The topological polar surface area (TPSA) is 136 Å². The van der Waals surface area contributed by atoms with Crippen molar-refractivity contribution < 1.29 is 18.9 Å². The van der Waals surface area contributed by atoms with Gasteiger partial charge in [0, 0.05) is 6.04 Å². The molecule has 10 heteroatoms. The molecule has 1 fully saturated rings. The molecule has 1 aliphatic rings. The minimum atomic E-state index is -4.40. The Morgan fingerprint density at radius 1 is 1.38 bits per heavy atom. The zero-order valence-electron chi connectivity index (χ0n) is 11.2. The Labute approximate surface area is 120 Å². The summed E-state index contributed by atoms with van der Waals surface area (Å²) in [6, 6.07) is 0.176. The molecule has 2 atom stereocenters. The lowest BCUT2D eigenvalue weighted by Gasteiger charge is -2.14. The summed E-state index contributed by atoms with van der Waals surface area (Å²) in [7, 11) is -4.40. The van der Waals surface area contributed by atoms with Gasteiger partial charge in [-0.15, -0.1) is 0 Å². The van der Waals surface area contributed by atoms with E-state index in [1.165, 1.54) is 6.33 Å². The van der Waals surface area contributed by atoms with Crippen LogP contribution < -0.4 is 5.73 Å². The molecule has 0 bridgehead atoms. The maximum Gasteiger partial charge on any atom is 0.469 e. The summed E-state index contributed by atoms with van der Waals surface area (Å²) in [6.45, 7) is 0.0601. The maximum absolute atomic E-state index is 10.7. The van der Waals surface area contributed by atoms with E-state index >= 15 is 0 Å². The molecule has 2 aromatic heterocycles. The average Bonchev–Trinajstić information content (AvgIpc) is 3.02. The largest absolute Gasteiger partial charge is 0.469 e. The number of phosphoric acid groups is 1. The van der Waals surface area contributed by atoms with Crippen LogP contribution in [0.15, 0.2) is 12.7 Å². The summed E-state index contributed by atoms with van der Waals surface area (Å²) >= 11 is 0. The number of hydrogen-bond donors (Lipinski definition) is 3. The van der Waals surface area contributed by atoms with Gasteiger partial charge in [-0.1, -0.05) is 0 Å². The molecule has 0 unspecified atom stereocenters. The molecule has 0 radical (unpaired) electrons. The molecule has 0 spiro atoms. The second kappa shape index (κ2) is 5.34. The Balaban J connectivity index is 1.73. The lowest BCUT2D eigenvalue weighted by atomic mass is 10.1. The third-order valence-electron chi connectivity index (χ3n) is 3.77. The van der Waals surface area contributed by atoms with E-state index in [0.717, 1.165) is 19.3 Å². The first kappa shape index (κ1) is 14.4. The third kappa shape index (κ3) is 3.06. The minimum absolute atomic E-state index is 0.0601. The summed E-state index contributed by atoms with van der Waals surface area (Å²) in [6.07, 6.45) is 5.57. The van der Waals surface area contributed by atoms with Gasteiger partial charge in [0.15, 0.2) is 11.5 Å².